The molecule has 2 aromatic heterocycles. The molecule has 3 aliphatic rings. The first-order chi connectivity index (χ1) is 20.5. The summed E-state index contributed by atoms with van der Waals surface area (Å²) in [4.78, 5) is 15.0. The normalized spacial score (nSPS) is 22.0. The number of anilines is 2. The predicted octanol–water partition coefficient (Wildman–Crippen LogP) is 5.89. The van der Waals surface area contributed by atoms with Crippen LogP contribution >= 0.6 is 24.8 Å². The van der Waals surface area contributed by atoms with E-state index in [1.807, 2.05) is 42.7 Å². The highest BCUT2D eigenvalue weighted by Gasteiger charge is 2.31. The fraction of sp³-hybridized carbons (Fsp3) is 0.516. The molecule has 13 heteroatoms. The zero-order chi connectivity index (χ0) is 28.7. The van der Waals surface area contributed by atoms with Gasteiger partial charge in [-0.1, -0.05) is 49.2 Å². The third-order valence-corrected chi connectivity index (χ3v) is 11.4. The molecule has 0 atom stereocenters. The van der Waals surface area contributed by atoms with Gasteiger partial charge in [-0.3, -0.25) is 0 Å². The van der Waals surface area contributed by atoms with Crippen molar-refractivity contribution in [3.8, 4) is 0 Å². The first-order valence-corrected chi connectivity index (χ1v) is 16.9. The van der Waals surface area contributed by atoms with E-state index in [0.717, 1.165) is 66.3 Å². The van der Waals surface area contributed by atoms with E-state index >= 15 is 0 Å². The number of rotatable bonds is 7. The highest BCUT2D eigenvalue weighted by molar-refractivity contribution is 7.89. The Hall–Kier alpha value is -2.70. The predicted molar refractivity (Wildman–Crippen MR) is 181 cm³/mol. The Morgan fingerprint density at radius 1 is 0.795 bits per heavy atom. The standard InChI is InChI=1S/C31H40N8O2S.2ClH/c32-22-12-14-23(15-13-22)35-31-36-29(28-30(37-31)39(20-33-28)25-8-2-3-9-25)34-24-16-18-38(19-17-24)42(40,41)27-11-5-7-21-6-1-4-10-26(21)27;;/h1,4-7,10-11,20,22-25H,2-3,8-9,12-19,32H2,(H2,34,35,36,37);2*1H/t22-,23-;;. The molecule has 2 saturated carbocycles. The lowest BCUT2D eigenvalue weighted by Crippen LogP contribution is -2.42. The van der Waals surface area contributed by atoms with Gasteiger partial charge >= 0.3 is 0 Å². The van der Waals surface area contributed by atoms with Crippen LogP contribution in [0.5, 0.6) is 0 Å². The first-order valence-electron chi connectivity index (χ1n) is 15.5. The molecule has 1 saturated heterocycles. The molecule has 4 aromatic rings. The maximum Gasteiger partial charge on any atom is 0.243 e. The Kier molecular flexibility index (Phi) is 10.2. The second kappa shape index (κ2) is 13.7. The molecule has 0 amide bonds. The van der Waals surface area contributed by atoms with Crippen LogP contribution in [0, 0.1) is 0 Å². The number of piperidine rings is 1. The maximum atomic E-state index is 13.7. The average molecular weight is 662 g/mol. The fourth-order valence-corrected chi connectivity index (χ4v) is 8.66. The molecule has 7 rings (SSSR count). The lowest BCUT2D eigenvalue weighted by molar-refractivity contribution is 0.330. The van der Waals surface area contributed by atoms with E-state index in [1.165, 1.54) is 12.8 Å². The lowest BCUT2D eigenvalue weighted by atomic mass is 9.92. The molecule has 0 spiro atoms. The molecule has 238 valence electrons. The third kappa shape index (κ3) is 6.48. The second-order valence-corrected chi connectivity index (χ2v) is 14.1. The Labute approximate surface area is 271 Å². The van der Waals surface area contributed by atoms with Crippen LogP contribution in [0.15, 0.2) is 53.7 Å². The van der Waals surface area contributed by atoms with Gasteiger partial charge in [-0.15, -0.1) is 24.8 Å². The largest absolute Gasteiger partial charge is 0.365 e. The summed E-state index contributed by atoms with van der Waals surface area (Å²) in [6.45, 7) is 0.892. The summed E-state index contributed by atoms with van der Waals surface area (Å²) in [6, 6.07) is 14.2. The van der Waals surface area contributed by atoms with E-state index in [-0.39, 0.29) is 36.9 Å². The van der Waals surface area contributed by atoms with E-state index in [2.05, 4.69) is 15.2 Å². The minimum absolute atomic E-state index is 0. The number of hydrogen-bond donors (Lipinski definition) is 3. The number of imidazole rings is 1. The number of nitrogens with zero attached hydrogens (tertiary/aromatic N) is 5. The minimum Gasteiger partial charge on any atom is -0.365 e. The smallest absolute Gasteiger partial charge is 0.243 e. The molecule has 10 nitrogen and oxygen atoms in total. The molecule has 2 aliphatic carbocycles. The maximum absolute atomic E-state index is 13.7. The summed E-state index contributed by atoms with van der Waals surface area (Å²) in [5, 5.41) is 8.93. The summed E-state index contributed by atoms with van der Waals surface area (Å²) >= 11 is 0. The Balaban J connectivity index is 0.00000192. The van der Waals surface area contributed by atoms with Gasteiger partial charge in [0.25, 0.3) is 0 Å². The van der Waals surface area contributed by atoms with Crippen LogP contribution in [-0.2, 0) is 10.0 Å². The van der Waals surface area contributed by atoms with Gasteiger partial charge in [0.15, 0.2) is 17.0 Å². The monoisotopic (exact) mass is 660 g/mol. The van der Waals surface area contributed by atoms with Crippen molar-refractivity contribution in [3.63, 3.8) is 0 Å². The van der Waals surface area contributed by atoms with Crippen molar-refractivity contribution in [3.05, 3.63) is 48.8 Å². The molecular weight excluding hydrogens is 619 g/mol. The zero-order valence-corrected chi connectivity index (χ0v) is 27.2. The van der Waals surface area contributed by atoms with Crippen molar-refractivity contribution < 1.29 is 8.42 Å². The molecule has 0 bridgehead atoms. The van der Waals surface area contributed by atoms with Gasteiger partial charge in [-0.2, -0.15) is 14.3 Å². The first kappa shape index (κ1) is 32.7. The van der Waals surface area contributed by atoms with Crippen LogP contribution in [0.3, 0.4) is 0 Å². The molecule has 1 aliphatic heterocycles. The fourth-order valence-electron chi connectivity index (χ4n) is 6.97. The topological polar surface area (TPSA) is 131 Å². The molecule has 2 aromatic carbocycles. The Morgan fingerprint density at radius 2 is 1.48 bits per heavy atom. The van der Waals surface area contributed by atoms with Crippen molar-refractivity contribution in [1.82, 2.24) is 23.8 Å². The van der Waals surface area contributed by atoms with Crippen LogP contribution < -0.4 is 16.4 Å². The quantitative estimate of drug-likeness (QED) is 0.224. The minimum atomic E-state index is -3.61. The number of halogens is 2. The van der Waals surface area contributed by atoms with Gasteiger partial charge in [0.1, 0.15) is 0 Å². The van der Waals surface area contributed by atoms with Crippen LogP contribution in [0.2, 0.25) is 0 Å². The SMILES string of the molecule is Cl.Cl.N[C@H]1CC[C@H](Nc2nc(NC3CCN(S(=O)(=O)c4cccc5ccccc45)CC3)c3ncn(C4CCCC4)c3n2)CC1. The molecule has 4 N–H and O–H groups in total. The summed E-state index contributed by atoms with van der Waals surface area (Å²) in [6.07, 6.45) is 12.1. The summed E-state index contributed by atoms with van der Waals surface area (Å²) < 4.78 is 31.2. The number of fused-ring (bicyclic) bond motifs is 2. The van der Waals surface area contributed by atoms with Crippen molar-refractivity contribution in [2.24, 2.45) is 5.73 Å². The van der Waals surface area contributed by atoms with E-state index in [0.29, 0.717) is 48.9 Å². The van der Waals surface area contributed by atoms with E-state index in [4.69, 9.17) is 20.7 Å². The number of benzene rings is 2. The summed E-state index contributed by atoms with van der Waals surface area (Å²) in [5.41, 5.74) is 7.79. The Bertz CT molecular complexity index is 1670. The molecular formula is C31H42Cl2N8O2S. The van der Waals surface area contributed by atoms with Crippen molar-refractivity contribution in [2.45, 2.75) is 93.3 Å². The van der Waals surface area contributed by atoms with Crippen LogP contribution in [-0.4, -0.2) is 63.5 Å². The number of aromatic nitrogens is 4. The van der Waals surface area contributed by atoms with Crippen LogP contribution in [0.1, 0.15) is 70.3 Å². The van der Waals surface area contributed by atoms with Crippen molar-refractivity contribution in [1.29, 1.82) is 0 Å². The number of hydrogen-bond acceptors (Lipinski definition) is 8. The van der Waals surface area contributed by atoms with E-state index in [9.17, 15) is 8.42 Å². The Morgan fingerprint density at radius 3 is 2.23 bits per heavy atom. The average Bonchev–Trinajstić information content (AvgIpc) is 3.69. The number of sulfonamides is 1. The third-order valence-electron chi connectivity index (χ3n) is 9.41. The summed E-state index contributed by atoms with van der Waals surface area (Å²) in [7, 11) is -3.61. The van der Waals surface area contributed by atoms with E-state index < -0.39 is 10.0 Å². The highest BCUT2D eigenvalue weighted by Crippen LogP contribution is 2.34. The van der Waals surface area contributed by atoms with Gasteiger partial charge in [0.2, 0.25) is 16.0 Å². The van der Waals surface area contributed by atoms with E-state index in [1.54, 1.807) is 10.4 Å². The molecule has 3 heterocycles. The molecule has 3 fully saturated rings. The summed E-state index contributed by atoms with van der Waals surface area (Å²) in [5.74, 6) is 1.35. The van der Waals surface area contributed by atoms with Crippen molar-refractivity contribution >= 4 is 68.5 Å². The lowest BCUT2D eigenvalue weighted by Gasteiger charge is -2.32. The van der Waals surface area contributed by atoms with Crippen LogP contribution in [0.25, 0.3) is 21.9 Å². The molecule has 44 heavy (non-hydrogen) atoms. The van der Waals surface area contributed by atoms with Crippen LogP contribution in [0.4, 0.5) is 11.8 Å². The van der Waals surface area contributed by atoms with Gasteiger partial charge in [-0.25, -0.2) is 13.4 Å². The number of nitrogens with two attached hydrogens (primary N) is 1. The van der Waals surface area contributed by atoms with Gasteiger partial charge in [0, 0.05) is 42.6 Å². The van der Waals surface area contributed by atoms with Crippen molar-refractivity contribution in [2.75, 3.05) is 23.7 Å². The second-order valence-electron chi connectivity index (χ2n) is 12.2. The van der Waals surface area contributed by atoms with Gasteiger partial charge in [-0.05, 0) is 62.8 Å². The molecule has 0 unspecified atom stereocenters. The number of nitrogens with one attached hydrogen (secondary N) is 2. The van der Waals surface area contributed by atoms with Gasteiger partial charge < -0.3 is 20.9 Å². The van der Waals surface area contributed by atoms with Gasteiger partial charge in [0.05, 0.1) is 11.2 Å². The molecule has 0 radical (unpaired) electrons. The highest BCUT2D eigenvalue weighted by atomic mass is 35.5. The zero-order valence-electron chi connectivity index (χ0n) is 24.8.